The SMILES string of the molecule is NC(=O)c1ccc2c(c1)CCN(Cc1ccccc1Cl)C2. The second-order valence-electron chi connectivity index (χ2n) is 5.40. The highest BCUT2D eigenvalue weighted by molar-refractivity contribution is 6.31. The zero-order valence-electron chi connectivity index (χ0n) is 11.7. The van der Waals surface area contributed by atoms with Crippen molar-refractivity contribution in [3.63, 3.8) is 0 Å². The van der Waals surface area contributed by atoms with E-state index < -0.39 is 0 Å². The Hall–Kier alpha value is -1.84. The van der Waals surface area contributed by atoms with Gasteiger partial charge in [-0.1, -0.05) is 35.9 Å². The van der Waals surface area contributed by atoms with Gasteiger partial charge < -0.3 is 5.73 Å². The first-order chi connectivity index (χ1) is 10.1. The molecule has 0 atom stereocenters. The maximum absolute atomic E-state index is 11.2. The number of carbonyl (C=O) groups excluding carboxylic acids is 1. The van der Waals surface area contributed by atoms with Crippen LogP contribution in [0, 0.1) is 0 Å². The smallest absolute Gasteiger partial charge is 0.248 e. The van der Waals surface area contributed by atoms with Crippen molar-refractivity contribution in [1.29, 1.82) is 0 Å². The molecular weight excluding hydrogens is 284 g/mol. The van der Waals surface area contributed by atoms with Gasteiger partial charge in [-0.05, 0) is 41.3 Å². The van der Waals surface area contributed by atoms with E-state index in [4.69, 9.17) is 17.3 Å². The molecule has 4 heteroatoms. The van der Waals surface area contributed by atoms with Crippen molar-refractivity contribution in [3.05, 3.63) is 69.7 Å². The van der Waals surface area contributed by atoms with Crippen LogP contribution in [0.1, 0.15) is 27.0 Å². The number of benzene rings is 2. The van der Waals surface area contributed by atoms with Crippen LogP contribution in [0.3, 0.4) is 0 Å². The zero-order chi connectivity index (χ0) is 14.8. The maximum atomic E-state index is 11.2. The Morgan fingerprint density at radius 3 is 2.76 bits per heavy atom. The lowest BCUT2D eigenvalue weighted by molar-refractivity contribution is 0.1000. The van der Waals surface area contributed by atoms with Gasteiger partial charge in [-0.2, -0.15) is 0 Å². The number of carbonyl (C=O) groups is 1. The standard InChI is InChI=1S/C17H17ClN2O/c18-16-4-2-1-3-15(16)11-20-8-7-12-9-13(17(19)21)5-6-14(12)10-20/h1-6,9H,7-8,10-11H2,(H2,19,21). The second-order valence-corrected chi connectivity index (χ2v) is 5.81. The Morgan fingerprint density at radius 2 is 2.00 bits per heavy atom. The van der Waals surface area contributed by atoms with Gasteiger partial charge in [0.2, 0.25) is 5.91 Å². The number of primary amides is 1. The van der Waals surface area contributed by atoms with E-state index in [1.54, 1.807) is 6.07 Å². The highest BCUT2D eigenvalue weighted by atomic mass is 35.5. The Kier molecular flexibility index (Phi) is 3.95. The third kappa shape index (κ3) is 3.09. The molecule has 0 aromatic heterocycles. The first kappa shape index (κ1) is 14.1. The summed E-state index contributed by atoms with van der Waals surface area (Å²) in [5, 5.41) is 0.812. The Bertz CT molecular complexity index is 684. The highest BCUT2D eigenvalue weighted by Crippen LogP contribution is 2.24. The summed E-state index contributed by atoms with van der Waals surface area (Å²) in [5.74, 6) is -0.365. The van der Waals surface area contributed by atoms with Crippen molar-refractivity contribution in [2.75, 3.05) is 6.54 Å². The Morgan fingerprint density at radius 1 is 1.19 bits per heavy atom. The predicted molar refractivity (Wildman–Crippen MR) is 84.2 cm³/mol. The molecular formula is C17H17ClN2O. The van der Waals surface area contributed by atoms with Gasteiger partial charge in [0.15, 0.2) is 0 Å². The Balaban J connectivity index is 1.76. The molecule has 2 aromatic rings. The quantitative estimate of drug-likeness (QED) is 0.947. The fourth-order valence-electron chi connectivity index (χ4n) is 2.77. The van der Waals surface area contributed by atoms with Crippen molar-refractivity contribution in [2.24, 2.45) is 5.73 Å². The first-order valence-electron chi connectivity index (χ1n) is 7.01. The number of rotatable bonds is 3. The van der Waals surface area contributed by atoms with Crippen LogP contribution < -0.4 is 5.73 Å². The normalized spacial score (nSPS) is 14.7. The lowest BCUT2D eigenvalue weighted by Gasteiger charge is -2.29. The van der Waals surface area contributed by atoms with E-state index in [0.717, 1.165) is 36.6 Å². The van der Waals surface area contributed by atoms with Crippen LogP contribution in [0.15, 0.2) is 42.5 Å². The number of nitrogens with zero attached hydrogens (tertiary/aromatic N) is 1. The number of halogens is 1. The van der Waals surface area contributed by atoms with Gasteiger partial charge in [0, 0.05) is 30.2 Å². The lowest BCUT2D eigenvalue weighted by Crippen LogP contribution is -2.30. The van der Waals surface area contributed by atoms with E-state index in [1.165, 1.54) is 11.1 Å². The molecule has 2 aromatic carbocycles. The van der Waals surface area contributed by atoms with E-state index in [1.807, 2.05) is 30.3 Å². The molecule has 0 saturated heterocycles. The molecule has 3 rings (SSSR count). The summed E-state index contributed by atoms with van der Waals surface area (Å²) < 4.78 is 0. The fraction of sp³-hybridized carbons (Fsp3) is 0.235. The van der Waals surface area contributed by atoms with E-state index in [2.05, 4.69) is 11.0 Å². The van der Waals surface area contributed by atoms with Crippen LogP contribution >= 0.6 is 11.6 Å². The average molecular weight is 301 g/mol. The van der Waals surface area contributed by atoms with Crippen molar-refractivity contribution >= 4 is 17.5 Å². The van der Waals surface area contributed by atoms with Gasteiger partial charge in [0.25, 0.3) is 0 Å². The minimum absolute atomic E-state index is 0.365. The summed E-state index contributed by atoms with van der Waals surface area (Å²) in [4.78, 5) is 13.6. The molecule has 0 fully saturated rings. The molecule has 1 aliphatic rings. The number of amides is 1. The summed E-state index contributed by atoms with van der Waals surface area (Å²) in [7, 11) is 0. The van der Waals surface area contributed by atoms with E-state index in [9.17, 15) is 4.79 Å². The van der Waals surface area contributed by atoms with Gasteiger partial charge >= 0.3 is 0 Å². The maximum Gasteiger partial charge on any atom is 0.248 e. The molecule has 0 bridgehead atoms. The summed E-state index contributed by atoms with van der Waals surface area (Å²) in [6.07, 6.45) is 0.931. The molecule has 21 heavy (non-hydrogen) atoms. The van der Waals surface area contributed by atoms with Crippen LogP contribution in [0.4, 0.5) is 0 Å². The van der Waals surface area contributed by atoms with E-state index in [0.29, 0.717) is 5.56 Å². The van der Waals surface area contributed by atoms with Gasteiger partial charge in [-0.25, -0.2) is 0 Å². The lowest BCUT2D eigenvalue weighted by atomic mass is 9.96. The van der Waals surface area contributed by atoms with Crippen LogP contribution in [-0.4, -0.2) is 17.4 Å². The molecule has 3 nitrogen and oxygen atoms in total. The molecule has 0 spiro atoms. The predicted octanol–water partition coefficient (Wildman–Crippen LogP) is 3.00. The minimum Gasteiger partial charge on any atom is -0.366 e. The van der Waals surface area contributed by atoms with Gasteiger partial charge in [-0.15, -0.1) is 0 Å². The molecule has 0 aliphatic carbocycles. The number of fused-ring (bicyclic) bond motifs is 1. The molecule has 0 saturated carbocycles. The molecule has 0 radical (unpaired) electrons. The Labute approximate surface area is 129 Å². The summed E-state index contributed by atoms with van der Waals surface area (Å²) in [6, 6.07) is 13.7. The molecule has 1 amide bonds. The van der Waals surface area contributed by atoms with Gasteiger partial charge in [0.1, 0.15) is 0 Å². The first-order valence-corrected chi connectivity index (χ1v) is 7.38. The topological polar surface area (TPSA) is 46.3 Å². The largest absolute Gasteiger partial charge is 0.366 e. The fourth-order valence-corrected chi connectivity index (χ4v) is 2.96. The number of nitrogens with two attached hydrogens (primary N) is 1. The summed E-state index contributed by atoms with van der Waals surface area (Å²) in [6.45, 7) is 2.68. The molecule has 1 aliphatic heterocycles. The highest BCUT2D eigenvalue weighted by Gasteiger charge is 2.18. The number of hydrogen-bond donors (Lipinski definition) is 1. The van der Waals surface area contributed by atoms with Crippen LogP contribution in [-0.2, 0) is 19.5 Å². The van der Waals surface area contributed by atoms with Crippen LogP contribution in [0.25, 0.3) is 0 Å². The summed E-state index contributed by atoms with van der Waals surface area (Å²) >= 11 is 6.22. The molecule has 1 heterocycles. The van der Waals surface area contributed by atoms with Crippen molar-refractivity contribution in [1.82, 2.24) is 4.90 Å². The average Bonchev–Trinajstić information content (AvgIpc) is 2.49. The van der Waals surface area contributed by atoms with Crippen LogP contribution in [0.5, 0.6) is 0 Å². The second kappa shape index (κ2) is 5.88. The van der Waals surface area contributed by atoms with Crippen molar-refractivity contribution < 1.29 is 4.79 Å². The van der Waals surface area contributed by atoms with Crippen molar-refractivity contribution in [2.45, 2.75) is 19.5 Å². The number of hydrogen-bond acceptors (Lipinski definition) is 2. The van der Waals surface area contributed by atoms with E-state index in [-0.39, 0.29) is 5.91 Å². The van der Waals surface area contributed by atoms with Crippen molar-refractivity contribution in [3.8, 4) is 0 Å². The molecule has 108 valence electrons. The van der Waals surface area contributed by atoms with Gasteiger partial charge in [-0.3, -0.25) is 9.69 Å². The molecule has 2 N–H and O–H groups in total. The third-order valence-electron chi connectivity index (χ3n) is 3.93. The van der Waals surface area contributed by atoms with Crippen LogP contribution in [0.2, 0.25) is 5.02 Å². The molecule has 0 unspecified atom stereocenters. The van der Waals surface area contributed by atoms with E-state index >= 15 is 0 Å². The van der Waals surface area contributed by atoms with Gasteiger partial charge in [0.05, 0.1) is 0 Å². The monoisotopic (exact) mass is 300 g/mol. The summed E-state index contributed by atoms with van der Waals surface area (Å²) in [5.41, 5.74) is 9.56. The minimum atomic E-state index is -0.365. The third-order valence-corrected chi connectivity index (χ3v) is 4.30. The zero-order valence-corrected chi connectivity index (χ0v) is 12.4.